The highest BCUT2D eigenvalue weighted by Crippen LogP contribution is 2.03. The Morgan fingerprint density at radius 2 is 2.10 bits per heavy atom. The van der Waals surface area contributed by atoms with Gasteiger partial charge in [-0.15, -0.1) is 10.2 Å². The number of H-pyrrole nitrogens is 2. The zero-order chi connectivity index (χ0) is 13.9. The van der Waals surface area contributed by atoms with Crippen molar-refractivity contribution in [3.05, 3.63) is 50.9 Å². The summed E-state index contributed by atoms with van der Waals surface area (Å²) >= 11 is 0. The quantitative estimate of drug-likeness (QED) is 0.580. The molecule has 0 saturated heterocycles. The van der Waals surface area contributed by atoms with Crippen molar-refractivity contribution in [1.82, 2.24) is 30.1 Å². The van der Waals surface area contributed by atoms with Crippen molar-refractivity contribution < 1.29 is 0 Å². The molecule has 20 heavy (non-hydrogen) atoms. The molecule has 0 atom stereocenters. The van der Waals surface area contributed by atoms with Crippen molar-refractivity contribution in [2.24, 2.45) is 0 Å². The van der Waals surface area contributed by atoms with Gasteiger partial charge in [-0.3, -0.25) is 19.7 Å². The minimum Gasteiger partial charge on any atom is -0.349 e. The lowest BCUT2D eigenvalue weighted by atomic mass is 10.3. The van der Waals surface area contributed by atoms with E-state index in [4.69, 9.17) is 0 Å². The smallest absolute Gasteiger partial charge is 0.327 e. The van der Waals surface area contributed by atoms with Crippen LogP contribution in [0.1, 0.15) is 5.56 Å². The zero-order valence-corrected chi connectivity index (χ0v) is 10.1. The molecular weight excluding hydrogens is 262 g/mol. The minimum absolute atomic E-state index is 0.0171. The van der Waals surface area contributed by atoms with Gasteiger partial charge in [0.05, 0.1) is 0 Å². The number of nitrogens with zero attached hydrogens (tertiary/aromatic N) is 4. The molecule has 100 valence electrons. The van der Waals surface area contributed by atoms with Crippen molar-refractivity contribution in [1.29, 1.82) is 0 Å². The number of pyridine rings is 1. The molecule has 3 N–H and O–H groups in total. The van der Waals surface area contributed by atoms with E-state index in [1.807, 2.05) is 12.1 Å². The lowest BCUT2D eigenvalue weighted by Crippen LogP contribution is -2.24. The summed E-state index contributed by atoms with van der Waals surface area (Å²) in [5, 5.41) is 10.4. The van der Waals surface area contributed by atoms with Crippen LogP contribution in [0.4, 0.5) is 5.95 Å². The molecule has 0 spiro atoms. The average molecular weight is 271 g/mol. The summed E-state index contributed by atoms with van der Waals surface area (Å²) in [7, 11) is 0. The van der Waals surface area contributed by atoms with Crippen LogP contribution < -0.4 is 16.6 Å². The van der Waals surface area contributed by atoms with E-state index in [9.17, 15) is 9.59 Å². The number of anilines is 1. The number of fused-ring (bicyclic) bond motifs is 1. The van der Waals surface area contributed by atoms with E-state index in [2.05, 4.69) is 35.5 Å². The average Bonchev–Trinajstić information content (AvgIpc) is 2.45. The Balaban J connectivity index is 1.90. The Bertz CT molecular complexity index is 856. The number of hydrogen-bond donors (Lipinski definition) is 3. The molecule has 0 radical (unpaired) electrons. The van der Waals surface area contributed by atoms with Gasteiger partial charge in [-0.25, -0.2) is 4.79 Å². The summed E-state index contributed by atoms with van der Waals surface area (Å²) < 4.78 is 0. The van der Waals surface area contributed by atoms with E-state index in [0.717, 1.165) is 5.56 Å². The summed E-state index contributed by atoms with van der Waals surface area (Å²) in [5.74, 6) is 0.211. The maximum Gasteiger partial charge on any atom is 0.327 e. The van der Waals surface area contributed by atoms with Crippen molar-refractivity contribution in [2.75, 3.05) is 5.32 Å². The summed E-state index contributed by atoms with van der Waals surface area (Å²) in [5.41, 5.74) is -0.252. The van der Waals surface area contributed by atoms with Crippen LogP contribution in [0.25, 0.3) is 11.2 Å². The number of nitrogens with one attached hydrogen (secondary N) is 3. The summed E-state index contributed by atoms with van der Waals surface area (Å²) in [6, 6.07) is 3.70. The Labute approximate surface area is 111 Å². The van der Waals surface area contributed by atoms with Crippen molar-refractivity contribution in [2.45, 2.75) is 6.54 Å². The van der Waals surface area contributed by atoms with Crippen LogP contribution in [0, 0.1) is 0 Å². The molecule has 3 aromatic heterocycles. The molecular formula is C11H9N7O2. The third kappa shape index (κ3) is 2.36. The van der Waals surface area contributed by atoms with E-state index in [1.54, 1.807) is 12.4 Å². The Morgan fingerprint density at radius 3 is 2.90 bits per heavy atom. The van der Waals surface area contributed by atoms with E-state index < -0.39 is 11.2 Å². The van der Waals surface area contributed by atoms with Crippen LogP contribution in [0.2, 0.25) is 0 Å². The number of hydrogen-bond acceptors (Lipinski definition) is 7. The fraction of sp³-hybridized carbons (Fsp3) is 0.0909. The molecule has 0 bridgehead atoms. The van der Waals surface area contributed by atoms with Crippen molar-refractivity contribution >= 4 is 17.1 Å². The first-order valence-electron chi connectivity index (χ1n) is 5.72. The van der Waals surface area contributed by atoms with Gasteiger partial charge < -0.3 is 5.32 Å². The highest BCUT2D eigenvalue weighted by Gasteiger charge is 2.06. The van der Waals surface area contributed by atoms with Gasteiger partial charge in [-0.2, -0.15) is 4.98 Å². The highest BCUT2D eigenvalue weighted by molar-refractivity contribution is 5.67. The zero-order valence-electron chi connectivity index (χ0n) is 10.1. The summed E-state index contributed by atoms with van der Waals surface area (Å²) in [6.07, 6.45) is 3.38. The third-order valence-corrected chi connectivity index (χ3v) is 2.53. The van der Waals surface area contributed by atoms with Crippen molar-refractivity contribution in [3.8, 4) is 0 Å². The monoisotopic (exact) mass is 271 g/mol. The fourth-order valence-electron chi connectivity index (χ4n) is 1.63. The van der Waals surface area contributed by atoms with Crippen LogP contribution in [0.3, 0.4) is 0 Å². The van der Waals surface area contributed by atoms with E-state index in [-0.39, 0.29) is 17.1 Å². The highest BCUT2D eigenvalue weighted by atomic mass is 16.2. The molecule has 3 rings (SSSR count). The molecule has 0 aromatic carbocycles. The van der Waals surface area contributed by atoms with Crippen LogP contribution in [0.5, 0.6) is 0 Å². The second-order valence-electron chi connectivity index (χ2n) is 3.96. The van der Waals surface area contributed by atoms with Crippen LogP contribution >= 0.6 is 0 Å². The van der Waals surface area contributed by atoms with Crippen LogP contribution in [-0.4, -0.2) is 30.1 Å². The molecule has 0 fully saturated rings. The van der Waals surface area contributed by atoms with Gasteiger partial charge in [0, 0.05) is 18.9 Å². The molecule has 0 aliphatic carbocycles. The second-order valence-corrected chi connectivity index (χ2v) is 3.96. The number of aromatic amines is 2. The molecule has 0 aliphatic heterocycles. The molecule has 0 aliphatic rings. The Morgan fingerprint density at radius 1 is 1.20 bits per heavy atom. The predicted molar refractivity (Wildman–Crippen MR) is 70.1 cm³/mol. The normalized spacial score (nSPS) is 10.6. The second kappa shape index (κ2) is 4.88. The molecule has 0 unspecified atom stereocenters. The van der Waals surface area contributed by atoms with Crippen LogP contribution in [-0.2, 0) is 6.54 Å². The van der Waals surface area contributed by atoms with Gasteiger partial charge >= 0.3 is 5.69 Å². The van der Waals surface area contributed by atoms with Gasteiger partial charge in [0.1, 0.15) is 0 Å². The van der Waals surface area contributed by atoms with E-state index in [1.165, 1.54) is 0 Å². The molecule has 3 aromatic rings. The summed E-state index contributed by atoms with van der Waals surface area (Å²) in [6.45, 7) is 0.453. The SMILES string of the molecule is O=c1[nH]c(=O)c2nnc(NCc3cccnc3)nc2[nH]1. The lowest BCUT2D eigenvalue weighted by Gasteiger charge is -2.03. The van der Waals surface area contributed by atoms with Gasteiger partial charge in [-0.1, -0.05) is 6.07 Å². The Hall–Kier alpha value is -3.10. The third-order valence-electron chi connectivity index (χ3n) is 2.53. The maximum absolute atomic E-state index is 11.4. The fourth-order valence-corrected chi connectivity index (χ4v) is 1.63. The Kier molecular flexibility index (Phi) is 2.92. The van der Waals surface area contributed by atoms with Gasteiger partial charge in [-0.05, 0) is 11.6 Å². The van der Waals surface area contributed by atoms with Crippen molar-refractivity contribution in [3.63, 3.8) is 0 Å². The van der Waals surface area contributed by atoms with E-state index >= 15 is 0 Å². The minimum atomic E-state index is -0.638. The van der Waals surface area contributed by atoms with Gasteiger partial charge in [0.2, 0.25) is 5.95 Å². The predicted octanol–water partition coefficient (Wildman–Crippen LogP) is -0.592. The molecule has 9 nitrogen and oxygen atoms in total. The molecule has 3 heterocycles. The topological polar surface area (TPSA) is 129 Å². The van der Waals surface area contributed by atoms with Gasteiger partial charge in [0.15, 0.2) is 11.2 Å². The first kappa shape index (κ1) is 12.0. The molecule has 0 amide bonds. The molecule has 9 heteroatoms. The molecule has 0 saturated carbocycles. The standard InChI is InChI=1S/C11H9N7O2/c19-9-7-8(15-11(20)16-9)14-10(18-17-7)13-5-6-2-1-3-12-4-6/h1-4H,5H2,(H3,13,14,15,16,18,19,20). The van der Waals surface area contributed by atoms with E-state index in [0.29, 0.717) is 6.54 Å². The first-order valence-corrected chi connectivity index (χ1v) is 5.72. The van der Waals surface area contributed by atoms with Gasteiger partial charge in [0.25, 0.3) is 5.56 Å². The number of aromatic nitrogens is 6. The number of rotatable bonds is 3. The maximum atomic E-state index is 11.4. The lowest BCUT2D eigenvalue weighted by molar-refractivity contribution is 0.945. The largest absolute Gasteiger partial charge is 0.349 e. The first-order chi connectivity index (χ1) is 9.72. The van der Waals surface area contributed by atoms with Crippen LogP contribution in [0.15, 0.2) is 34.1 Å². The summed E-state index contributed by atoms with van der Waals surface area (Å²) in [4.78, 5) is 35.1.